The van der Waals surface area contributed by atoms with Crippen LogP contribution in [0.1, 0.15) is 37.0 Å². The number of nitrogens with one attached hydrogen (secondary N) is 1. The number of piperidine rings is 1. The zero-order valence-electron chi connectivity index (χ0n) is 18.2. The van der Waals surface area contributed by atoms with Crippen molar-refractivity contribution in [2.45, 2.75) is 31.6 Å². The number of hydrogen-bond acceptors (Lipinski definition) is 6. The molecule has 0 unspecified atom stereocenters. The van der Waals surface area contributed by atoms with Crippen molar-refractivity contribution in [3.63, 3.8) is 0 Å². The molecule has 1 heterocycles. The lowest BCUT2D eigenvalue weighted by molar-refractivity contribution is -0.118. The minimum Gasteiger partial charge on any atom is -0.484 e. The van der Waals surface area contributed by atoms with Gasteiger partial charge in [-0.25, -0.2) is 13.2 Å². The highest BCUT2D eigenvalue weighted by Gasteiger charge is 2.27. The molecule has 1 amide bonds. The van der Waals surface area contributed by atoms with E-state index in [0.717, 1.165) is 12.8 Å². The van der Waals surface area contributed by atoms with Crippen molar-refractivity contribution < 1.29 is 27.5 Å². The number of carbonyl (C=O) groups excluding carboxylic acids is 2. The van der Waals surface area contributed by atoms with E-state index < -0.39 is 16.0 Å². The van der Waals surface area contributed by atoms with Gasteiger partial charge in [-0.15, -0.1) is 0 Å². The standard InChI is InChI=1S/C23H28N2O6S/c1-3-30-23(27)18-4-6-19(7-5-18)24-22(26)16-31-20-8-10-21(11-9-20)32(28,29)25-14-12-17(2)13-15-25/h4-11,17H,3,12-16H2,1-2H3,(H,24,26). The van der Waals surface area contributed by atoms with Crippen LogP contribution in [0.4, 0.5) is 5.69 Å². The number of rotatable bonds is 8. The highest BCUT2D eigenvalue weighted by molar-refractivity contribution is 7.89. The minimum absolute atomic E-state index is 0.213. The molecule has 0 aliphatic carbocycles. The average Bonchev–Trinajstić information content (AvgIpc) is 2.79. The van der Waals surface area contributed by atoms with E-state index in [1.165, 1.54) is 16.4 Å². The lowest BCUT2D eigenvalue weighted by Crippen LogP contribution is -2.37. The molecule has 0 bridgehead atoms. The van der Waals surface area contributed by atoms with E-state index in [9.17, 15) is 18.0 Å². The fourth-order valence-corrected chi connectivity index (χ4v) is 4.80. The van der Waals surface area contributed by atoms with Gasteiger partial charge in [-0.2, -0.15) is 4.31 Å². The Labute approximate surface area is 188 Å². The van der Waals surface area contributed by atoms with E-state index >= 15 is 0 Å². The van der Waals surface area contributed by atoms with Crippen molar-refractivity contribution >= 4 is 27.6 Å². The smallest absolute Gasteiger partial charge is 0.338 e. The Morgan fingerprint density at radius 3 is 2.25 bits per heavy atom. The Morgan fingerprint density at radius 1 is 1.03 bits per heavy atom. The van der Waals surface area contributed by atoms with Gasteiger partial charge >= 0.3 is 5.97 Å². The third kappa shape index (κ3) is 6.08. The molecule has 1 saturated heterocycles. The van der Waals surface area contributed by atoms with Gasteiger partial charge in [0.15, 0.2) is 6.61 Å². The first-order valence-corrected chi connectivity index (χ1v) is 12.0. The third-order valence-corrected chi connectivity index (χ3v) is 7.17. The first-order valence-electron chi connectivity index (χ1n) is 10.6. The zero-order chi connectivity index (χ0) is 23.1. The van der Waals surface area contributed by atoms with Gasteiger partial charge in [0.25, 0.3) is 5.91 Å². The molecule has 9 heteroatoms. The monoisotopic (exact) mass is 460 g/mol. The maximum Gasteiger partial charge on any atom is 0.338 e. The Bertz CT molecular complexity index is 1030. The van der Waals surface area contributed by atoms with Gasteiger partial charge in [0.2, 0.25) is 10.0 Å². The van der Waals surface area contributed by atoms with Crippen LogP contribution < -0.4 is 10.1 Å². The van der Waals surface area contributed by atoms with Crippen LogP contribution in [0.5, 0.6) is 5.75 Å². The highest BCUT2D eigenvalue weighted by atomic mass is 32.2. The lowest BCUT2D eigenvalue weighted by atomic mass is 10.0. The Balaban J connectivity index is 1.51. The van der Waals surface area contributed by atoms with Gasteiger partial charge in [0, 0.05) is 18.8 Å². The van der Waals surface area contributed by atoms with E-state index in [1.807, 2.05) is 0 Å². The maximum atomic E-state index is 12.8. The first-order chi connectivity index (χ1) is 15.3. The molecule has 172 valence electrons. The van der Waals surface area contributed by atoms with Crippen molar-refractivity contribution in [2.24, 2.45) is 5.92 Å². The number of hydrogen-bond donors (Lipinski definition) is 1. The predicted molar refractivity (Wildman–Crippen MR) is 120 cm³/mol. The van der Waals surface area contributed by atoms with Crippen LogP contribution >= 0.6 is 0 Å². The number of benzene rings is 2. The molecule has 1 aliphatic rings. The van der Waals surface area contributed by atoms with Gasteiger partial charge in [0.05, 0.1) is 17.1 Å². The molecule has 2 aromatic rings. The number of esters is 1. The SMILES string of the molecule is CCOC(=O)c1ccc(NC(=O)COc2ccc(S(=O)(=O)N3CCC(C)CC3)cc2)cc1. The van der Waals surface area contributed by atoms with E-state index in [4.69, 9.17) is 9.47 Å². The predicted octanol–water partition coefficient (Wildman–Crippen LogP) is 3.30. The van der Waals surface area contributed by atoms with E-state index in [0.29, 0.717) is 42.6 Å². The Kier molecular flexibility index (Phi) is 7.87. The molecule has 1 aliphatic heterocycles. The number of anilines is 1. The largest absolute Gasteiger partial charge is 0.484 e. The molecule has 3 rings (SSSR count). The number of nitrogens with zero attached hydrogens (tertiary/aromatic N) is 1. The van der Waals surface area contributed by atoms with Crippen molar-refractivity contribution in [3.8, 4) is 5.75 Å². The minimum atomic E-state index is -3.52. The highest BCUT2D eigenvalue weighted by Crippen LogP contribution is 2.24. The van der Waals surface area contributed by atoms with Crippen LogP contribution in [-0.4, -0.2) is 50.9 Å². The van der Waals surface area contributed by atoms with Crippen LogP contribution in [0, 0.1) is 5.92 Å². The van der Waals surface area contributed by atoms with Crippen molar-refractivity contribution in [2.75, 3.05) is 31.6 Å². The van der Waals surface area contributed by atoms with Gasteiger partial charge in [0.1, 0.15) is 5.75 Å². The summed E-state index contributed by atoms with van der Waals surface area (Å²) >= 11 is 0. The molecule has 1 fully saturated rings. The third-order valence-electron chi connectivity index (χ3n) is 5.25. The Hall–Kier alpha value is -2.91. The van der Waals surface area contributed by atoms with Crippen molar-refractivity contribution in [3.05, 3.63) is 54.1 Å². The second-order valence-electron chi connectivity index (χ2n) is 7.69. The molecule has 0 saturated carbocycles. The number of carbonyl (C=O) groups is 2. The molecule has 0 aromatic heterocycles. The summed E-state index contributed by atoms with van der Waals surface area (Å²) in [6, 6.07) is 12.4. The van der Waals surface area contributed by atoms with Crippen molar-refractivity contribution in [1.29, 1.82) is 0 Å². The summed E-state index contributed by atoms with van der Waals surface area (Å²) < 4.78 is 37.4. The number of sulfonamides is 1. The van der Waals surface area contributed by atoms with E-state index in [2.05, 4.69) is 12.2 Å². The van der Waals surface area contributed by atoms with Crippen LogP contribution in [0.15, 0.2) is 53.4 Å². The Morgan fingerprint density at radius 2 is 1.66 bits per heavy atom. The van der Waals surface area contributed by atoms with Crippen LogP contribution in [0.2, 0.25) is 0 Å². The van der Waals surface area contributed by atoms with Crippen LogP contribution in [-0.2, 0) is 19.6 Å². The van der Waals surface area contributed by atoms with Gasteiger partial charge in [-0.05, 0) is 74.2 Å². The second-order valence-corrected chi connectivity index (χ2v) is 9.63. The normalized spacial score (nSPS) is 15.2. The fourth-order valence-electron chi connectivity index (χ4n) is 3.33. The average molecular weight is 461 g/mol. The van der Waals surface area contributed by atoms with Crippen molar-refractivity contribution in [1.82, 2.24) is 4.31 Å². The summed E-state index contributed by atoms with van der Waals surface area (Å²) in [5.41, 5.74) is 0.916. The molecule has 2 aromatic carbocycles. The number of amides is 1. The maximum absolute atomic E-state index is 12.8. The summed E-state index contributed by atoms with van der Waals surface area (Å²) in [4.78, 5) is 24.0. The van der Waals surface area contributed by atoms with Crippen LogP contribution in [0.25, 0.3) is 0 Å². The molecule has 32 heavy (non-hydrogen) atoms. The molecule has 8 nitrogen and oxygen atoms in total. The first kappa shape index (κ1) is 23.7. The van der Waals surface area contributed by atoms with Gasteiger partial charge in [-0.1, -0.05) is 6.92 Å². The summed E-state index contributed by atoms with van der Waals surface area (Å²) in [5.74, 6) is 0.130. The van der Waals surface area contributed by atoms with Gasteiger partial charge in [-0.3, -0.25) is 4.79 Å². The summed E-state index contributed by atoms with van der Waals surface area (Å²) in [6.45, 7) is 4.97. The molecule has 0 radical (unpaired) electrons. The molecule has 0 spiro atoms. The molecule has 1 N–H and O–H groups in total. The lowest BCUT2D eigenvalue weighted by Gasteiger charge is -2.29. The topological polar surface area (TPSA) is 102 Å². The summed E-state index contributed by atoms with van der Waals surface area (Å²) in [7, 11) is -3.52. The molecule has 0 atom stereocenters. The summed E-state index contributed by atoms with van der Waals surface area (Å²) in [5, 5.41) is 2.67. The van der Waals surface area contributed by atoms with Gasteiger partial charge < -0.3 is 14.8 Å². The fraction of sp³-hybridized carbons (Fsp3) is 0.391. The van der Waals surface area contributed by atoms with E-state index in [-0.39, 0.29) is 17.4 Å². The van der Waals surface area contributed by atoms with E-state index in [1.54, 1.807) is 43.3 Å². The summed E-state index contributed by atoms with van der Waals surface area (Å²) in [6.07, 6.45) is 1.72. The zero-order valence-corrected chi connectivity index (χ0v) is 19.1. The van der Waals surface area contributed by atoms with Crippen LogP contribution in [0.3, 0.4) is 0 Å². The quantitative estimate of drug-likeness (QED) is 0.607. The molecular formula is C23H28N2O6S. The second kappa shape index (κ2) is 10.6. The molecular weight excluding hydrogens is 432 g/mol. The number of ether oxygens (including phenoxy) is 2.